The SMILES string of the molecule is N#Cc1ccc(NC(=O)C[NH+]2CCN(S(=O)(=O)c3ccccc3[N+](=O)[O-])CC2)cc1Cl. The normalized spacial score (nSPS) is 15.2. The van der Waals surface area contributed by atoms with Crippen LogP contribution in [0.5, 0.6) is 0 Å². The van der Waals surface area contributed by atoms with Gasteiger partial charge in [0.15, 0.2) is 11.4 Å². The molecule has 0 bridgehead atoms. The van der Waals surface area contributed by atoms with Gasteiger partial charge >= 0.3 is 0 Å². The van der Waals surface area contributed by atoms with Crippen molar-refractivity contribution in [3.8, 4) is 6.07 Å². The maximum Gasteiger partial charge on any atom is 0.289 e. The Morgan fingerprint density at radius 2 is 1.94 bits per heavy atom. The van der Waals surface area contributed by atoms with Crippen molar-refractivity contribution in [1.29, 1.82) is 5.26 Å². The van der Waals surface area contributed by atoms with Crippen molar-refractivity contribution in [2.75, 3.05) is 38.0 Å². The minimum Gasteiger partial charge on any atom is -0.325 e. The Morgan fingerprint density at radius 3 is 2.55 bits per heavy atom. The van der Waals surface area contributed by atoms with E-state index in [1.54, 1.807) is 6.07 Å². The minimum absolute atomic E-state index is 0.122. The molecule has 1 aliphatic rings. The number of nitrogens with zero attached hydrogens (tertiary/aromatic N) is 3. The second-order valence-electron chi connectivity index (χ2n) is 6.91. The smallest absolute Gasteiger partial charge is 0.289 e. The molecule has 1 saturated heterocycles. The first-order chi connectivity index (χ1) is 14.7. The van der Waals surface area contributed by atoms with Gasteiger partial charge in [-0.25, -0.2) is 8.42 Å². The molecule has 0 radical (unpaired) electrons. The molecule has 0 unspecified atom stereocenters. The molecule has 162 valence electrons. The molecule has 0 saturated carbocycles. The molecule has 2 N–H and O–H groups in total. The van der Waals surface area contributed by atoms with Gasteiger partial charge in [-0.15, -0.1) is 0 Å². The zero-order valence-corrected chi connectivity index (χ0v) is 17.8. The van der Waals surface area contributed by atoms with Gasteiger partial charge in [0, 0.05) is 11.8 Å². The number of nitrogens with one attached hydrogen (secondary N) is 2. The van der Waals surface area contributed by atoms with Gasteiger partial charge in [0.25, 0.3) is 11.6 Å². The number of hydrogen-bond acceptors (Lipinski definition) is 6. The molecule has 1 fully saturated rings. The number of para-hydroxylation sites is 1. The molecule has 0 aliphatic carbocycles. The molecule has 2 aromatic rings. The number of halogens is 1. The van der Waals surface area contributed by atoms with Crippen LogP contribution in [0.4, 0.5) is 11.4 Å². The van der Waals surface area contributed by atoms with Crippen molar-refractivity contribution in [2.24, 2.45) is 0 Å². The number of anilines is 1. The topological polar surface area (TPSA) is 138 Å². The third-order valence-corrected chi connectivity index (χ3v) is 7.15. The first-order valence-electron chi connectivity index (χ1n) is 9.29. The largest absolute Gasteiger partial charge is 0.325 e. The second-order valence-corrected chi connectivity index (χ2v) is 9.22. The molecular formula is C19H19ClN5O5S+. The van der Waals surface area contributed by atoms with Gasteiger partial charge in [-0.2, -0.15) is 9.57 Å². The third kappa shape index (κ3) is 5.18. The highest BCUT2D eigenvalue weighted by molar-refractivity contribution is 7.89. The van der Waals surface area contributed by atoms with Crippen LogP contribution >= 0.6 is 11.6 Å². The molecule has 3 rings (SSSR count). The summed E-state index contributed by atoms with van der Waals surface area (Å²) in [6.07, 6.45) is 0. The predicted molar refractivity (Wildman–Crippen MR) is 112 cm³/mol. The van der Waals surface area contributed by atoms with E-state index in [2.05, 4.69) is 5.32 Å². The Kier molecular flexibility index (Phi) is 6.87. The summed E-state index contributed by atoms with van der Waals surface area (Å²) in [5.74, 6) is -0.272. The number of carbonyl (C=O) groups excluding carboxylic acids is 1. The Morgan fingerprint density at radius 1 is 1.26 bits per heavy atom. The Bertz CT molecular complexity index is 1160. The summed E-state index contributed by atoms with van der Waals surface area (Å²) in [6.45, 7) is 1.15. The number of nitro benzene ring substituents is 1. The van der Waals surface area contributed by atoms with Crippen LogP contribution in [0.2, 0.25) is 5.02 Å². The van der Waals surface area contributed by atoms with Crippen LogP contribution in [-0.2, 0) is 14.8 Å². The quantitative estimate of drug-likeness (QED) is 0.475. The number of quaternary nitrogens is 1. The van der Waals surface area contributed by atoms with E-state index in [1.165, 1.54) is 34.6 Å². The summed E-state index contributed by atoms with van der Waals surface area (Å²) in [5.41, 5.74) is 0.310. The molecule has 1 heterocycles. The van der Waals surface area contributed by atoms with Crippen LogP contribution < -0.4 is 10.2 Å². The van der Waals surface area contributed by atoms with Crippen LogP contribution in [0.25, 0.3) is 0 Å². The van der Waals surface area contributed by atoms with Gasteiger partial charge in [0.2, 0.25) is 10.0 Å². The van der Waals surface area contributed by atoms with Crippen LogP contribution in [0.1, 0.15) is 5.56 Å². The molecule has 10 nitrogen and oxygen atoms in total. The monoisotopic (exact) mass is 464 g/mol. The van der Waals surface area contributed by atoms with Gasteiger partial charge in [0.1, 0.15) is 6.07 Å². The maximum atomic E-state index is 12.9. The maximum absolute atomic E-state index is 12.9. The Labute approximate surface area is 183 Å². The fraction of sp³-hybridized carbons (Fsp3) is 0.263. The molecule has 31 heavy (non-hydrogen) atoms. The van der Waals surface area contributed by atoms with Crippen molar-refractivity contribution in [3.05, 3.63) is 63.2 Å². The average Bonchev–Trinajstić information content (AvgIpc) is 2.74. The third-order valence-electron chi connectivity index (χ3n) is 4.89. The summed E-state index contributed by atoms with van der Waals surface area (Å²) in [4.78, 5) is 23.3. The number of benzene rings is 2. The van der Waals surface area contributed by atoms with E-state index >= 15 is 0 Å². The molecule has 1 aliphatic heterocycles. The Balaban J connectivity index is 1.59. The van der Waals surface area contributed by atoms with Gasteiger partial charge in [-0.1, -0.05) is 23.7 Å². The molecule has 2 aromatic carbocycles. The molecule has 12 heteroatoms. The number of rotatable bonds is 6. The standard InChI is InChI=1S/C19H18ClN5O5S/c20-16-11-15(6-5-14(16)12-21)22-19(26)13-23-7-9-24(10-8-23)31(29,30)18-4-2-1-3-17(18)25(27)28/h1-6,11H,7-10,13H2,(H,22,26)/p+1. The summed E-state index contributed by atoms with van der Waals surface area (Å²) in [7, 11) is -4.01. The molecule has 0 aromatic heterocycles. The number of amides is 1. The zero-order chi connectivity index (χ0) is 22.6. The predicted octanol–water partition coefficient (Wildman–Crippen LogP) is 0.648. The van der Waals surface area contributed by atoms with E-state index in [4.69, 9.17) is 16.9 Å². The van der Waals surface area contributed by atoms with E-state index < -0.39 is 20.6 Å². The average molecular weight is 465 g/mol. The van der Waals surface area contributed by atoms with E-state index in [9.17, 15) is 23.3 Å². The van der Waals surface area contributed by atoms with Crippen molar-refractivity contribution in [2.45, 2.75) is 4.90 Å². The molecule has 0 atom stereocenters. The van der Waals surface area contributed by atoms with Gasteiger partial charge in [0.05, 0.1) is 41.7 Å². The lowest BCUT2D eigenvalue weighted by Crippen LogP contribution is -3.15. The van der Waals surface area contributed by atoms with E-state index in [0.29, 0.717) is 24.3 Å². The highest BCUT2D eigenvalue weighted by Gasteiger charge is 2.35. The van der Waals surface area contributed by atoms with Gasteiger partial charge < -0.3 is 10.2 Å². The number of sulfonamides is 1. The molecule has 1 amide bonds. The number of carbonyl (C=O) groups is 1. The van der Waals surface area contributed by atoms with Crippen molar-refractivity contribution in [1.82, 2.24) is 4.31 Å². The second kappa shape index (κ2) is 9.40. The van der Waals surface area contributed by atoms with Gasteiger partial charge in [-0.3, -0.25) is 14.9 Å². The number of nitriles is 1. The van der Waals surface area contributed by atoms with Crippen molar-refractivity contribution >= 4 is 38.9 Å². The minimum atomic E-state index is -4.01. The summed E-state index contributed by atoms with van der Waals surface area (Å²) in [5, 5.41) is 23.0. The molecule has 0 spiro atoms. The number of hydrogen-bond donors (Lipinski definition) is 2. The zero-order valence-electron chi connectivity index (χ0n) is 16.2. The summed E-state index contributed by atoms with van der Waals surface area (Å²) < 4.78 is 26.9. The van der Waals surface area contributed by atoms with Crippen LogP contribution in [0.15, 0.2) is 47.4 Å². The van der Waals surface area contributed by atoms with Crippen molar-refractivity contribution < 1.29 is 23.0 Å². The lowest BCUT2D eigenvalue weighted by Gasteiger charge is -2.31. The van der Waals surface area contributed by atoms with E-state index in [-0.39, 0.29) is 35.5 Å². The summed E-state index contributed by atoms with van der Waals surface area (Å²) in [6, 6.07) is 11.8. The summed E-state index contributed by atoms with van der Waals surface area (Å²) >= 11 is 5.96. The number of nitro groups is 1. The van der Waals surface area contributed by atoms with E-state index in [1.807, 2.05) is 6.07 Å². The number of piperazine rings is 1. The van der Waals surface area contributed by atoms with Crippen molar-refractivity contribution in [3.63, 3.8) is 0 Å². The lowest BCUT2D eigenvalue weighted by molar-refractivity contribution is -0.895. The Hall–Kier alpha value is -3.04. The highest BCUT2D eigenvalue weighted by Crippen LogP contribution is 2.26. The van der Waals surface area contributed by atoms with E-state index in [0.717, 1.165) is 11.0 Å². The lowest BCUT2D eigenvalue weighted by atomic mass is 10.2. The van der Waals surface area contributed by atoms with Crippen LogP contribution in [0, 0.1) is 21.4 Å². The molecular weight excluding hydrogens is 446 g/mol. The van der Waals surface area contributed by atoms with Crippen LogP contribution in [0.3, 0.4) is 0 Å². The first kappa shape index (κ1) is 22.6. The highest BCUT2D eigenvalue weighted by atomic mass is 35.5. The van der Waals surface area contributed by atoms with Gasteiger partial charge in [-0.05, 0) is 24.3 Å². The van der Waals surface area contributed by atoms with Crippen LogP contribution in [-0.4, -0.2) is 56.3 Å². The first-order valence-corrected chi connectivity index (χ1v) is 11.1. The fourth-order valence-electron chi connectivity index (χ4n) is 3.30. The fourth-order valence-corrected chi connectivity index (χ4v) is 5.12.